The minimum Gasteiger partial charge on any atom is -0.462 e. The topological polar surface area (TPSA) is 134 Å². The molecule has 10 heteroatoms. The quantitative estimate of drug-likeness (QED) is 0.0347. The molecule has 0 bridgehead atoms. The molecule has 0 radical (unpaired) electrons. The van der Waals surface area contributed by atoms with E-state index in [9.17, 15) is 19.0 Å². The fourth-order valence-corrected chi connectivity index (χ4v) is 11.1. The Bertz CT molecular complexity index is 1170. The van der Waals surface area contributed by atoms with Crippen LogP contribution in [0.5, 0.6) is 0 Å². The summed E-state index contributed by atoms with van der Waals surface area (Å²) in [6.07, 6.45) is 70.5. The second-order valence-electron chi connectivity index (χ2n) is 22.7. The fourth-order valence-electron chi connectivity index (χ4n) is 10.3. The molecular formula is C64H128NO8P. The number of carbonyl (C=O) groups is 2. The smallest absolute Gasteiger partial charge is 0.462 e. The van der Waals surface area contributed by atoms with Crippen molar-refractivity contribution in [2.24, 2.45) is 5.73 Å². The lowest BCUT2D eigenvalue weighted by atomic mass is 10.0. The highest BCUT2D eigenvalue weighted by atomic mass is 31.2. The SMILES string of the molecule is CCCCCCCCCCCCCCCCCCCCCCCCCCCCCCCCC(=O)OC(COC(=O)CCCCCCCCCCCCCCCCCCCCCCCCC)COP(=O)(O)OCCN. The first-order valence-corrected chi connectivity index (χ1v) is 34.5. The molecule has 9 nitrogen and oxygen atoms in total. The van der Waals surface area contributed by atoms with Crippen molar-refractivity contribution in [3.63, 3.8) is 0 Å². The normalized spacial score (nSPS) is 12.9. The van der Waals surface area contributed by atoms with E-state index in [-0.39, 0.29) is 32.1 Å². The van der Waals surface area contributed by atoms with Crippen LogP contribution in [0.2, 0.25) is 0 Å². The van der Waals surface area contributed by atoms with Gasteiger partial charge in [0, 0.05) is 19.4 Å². The van der Waals surface area contributed by atoms with Crippen LogP contribution in [0.25, 0.3) is 0 Å². The van der Waals surface area contributed by atoms with E-state index in [0.717, 1.165) is 32.1 Å². The van der Waals surface area contributed by atoms with E-state index in [0.29, 0.717) is 12.8 Å². The molecule has 2 atom stereocenters. The minimum atomic E-state index is -4.38. The maximum Gasteiger partial charge on any atom is 0.472 e. The van der Waals surface area contributed by atoms with Crippen molar-refractivity contribution in [1.29, 1.82) is 0 Å². The van der Waals surface area contributed by atoms with Gasteiger partial charge in [0.05, 0.1) is 13.2 Å². The molecule has 0 aromatic carbocycles. The summed E-state index contributed by atoms with van der Waals surface area (Å²) in [7, 11) is -4.38. The molecule has 0 fully saturated rings. The number of nitrogens with two attached hydrogens (primary N) is 1. The Morgan fingerprint density at radius 3 is 0.824 bits per heavy atom. The molecule has 0 heterocycles. The average molecular weight is 1070 g/mol. The Morgan fingerprint density at radius 2 is 0.581 bits per heavy atom. The van der Waals surface area contributed by atoms with E-state index in [1.165, 1.54) is 302 Å². The molecule has 0 aromatic heterocycles. The Hall–Kier alpha value is -0.990. The van der Waals surface area contributed by atoms with Crippen LogP contribution in [0.3, 0.4) is 0 Å². The van der Waals surface area contributed by atoms with Gasteiger partial charge in [0.25, 0.3) is 0 Å². The van der Waals surface area contributed by atoms with Gasteiger partial charge in [-0.05, 0) is 12.8 Å². The molecule has 0 rings (SSSR count). The summed E-state index contributed by atoms with van der Waals surface area (Å²) in [5.74, 6) is -0.799. The monoisotopic (exact) mass is 1070 g/mol. The zero-order valence-corrected chi connectivity index (χ0v) is 50.5. The fraction of sp³-hybridized carbons (Fsp3) is 0.969. The van der Waals surface area contributed by atoms with Gasteiger partial charge < -0.3 is 20.1 Å². The molecule has 0 amide bonds. The first kappa shape index (κ1) is 73.0. The molecule has 0 aliphatic carbocycles. The first-order valence-electron chi connectivity index (χ1n) is 33.0. The molecule has 2 unspecified atom stereocenters. The van der Waals surface area contributed by atoms with Crippen molar-refractivity contribution in [3.05, 3.63) is 0 Å². The van der Waals surface area contributed by atoms with Crippen molar-refractivity contribution < 1.29 is 37.6 Å². The highest BCUT2D eigenvalue weighted by Gasteiger charge is 2.26. The summed E-state index contributed by atoms with van der Waals surface area (Å²) in [6.45, 7) is 3.84. The molecule has 0 saturated heterocycles. The Balaban J connectivity index is 3.82. The second kappa shape index (κ2) is 61.2. The van der Waals surface area contributed by atoms with Crippen LogP contribution in [0, 0.1) is 0 Å². The Labute approximate surface area is 460 Å². The minimum absolute atomic E-state index is 0.0588. The number of hydrogen-bond acceptors (Lipinski definition) is 8. The van der Waals surface area contributed by atoms with E-state index in [4.69, 9.17) is 24.3 Å². The first-order chi connectivity index (χ1) is 36.3. The van der Waals surface area contributed by atoms with Crippen molar-refractivity contribution in [3.8, 4) is 0 Å². The van der Waals surface area contributed by atoms with E-state index in [1.54, 1.807) is 0 Å². The summed E-state index contributed by atoms with van der Waals surface area (Å²) in [5.41, 5.74) is 5.40. The lowest BCUT2D eigenvalue weighted by molar-refractivity contribution is -0.161. The number of esters is 2. The number of carbonyl (C=O) groups excluding carboxylic acids is 2. The van der Waals surface area contributed by atoms with Crippen molar-refractivity contribution in [1.82, 2.24) is 0 Å². The Kier molecular flexibility index (Phi) is 60.4. The van der Waals surface area contributed by atoms with Crippen LogP contribution in [-0.4, -0.2) is 49.3 Å². The van der Waals surface area contributed by atoms with Crippen molar-refractivity contribution in [2.45, 2.75) is 373 Å². The number of rotatable bonds is 64. The maximum absolute atomic E-state index is 12.7. The van der Waals surface area contributed by atoms with Gasteiger partial charge in [-0.25, -0.2) is 4.57 Å². The summed E-state index contributed by atoms with van der Waals surface area (Å²) >= 11 is 0. The van der Waals surface area contributed by atoms with E-state index in [2.05, 4.69) is 13.8 Å². The third-order valence-electron chi connectivity index (χ3n) is 15.2. The lowest BCUT2D eigenvalue weighted by Gasteiger charge is -2.19. The van der Waals surface area contributed by atoms with Gasteiger partial charge in [0.1, 0.15) is 6.61 Å². The number of hydrogen-bond donors (Lipinski definition) is 2. The van der Waals surface area contributed by atoms with Gasteiger partial charge in [-0.15, -0.1) is 0 Å². The lowest BCUT2D eigenvalue weighted by Crippen LogP contribution is -2.29. The van der Waals surface area contributed by atoms with Crippen LogP contribution < -0.4 is 5.73 Å². The van der Waals surface area contributed by atoms with Crippen LogP contribution >= 0.6 is 7.82 Å². The summed E-state index contributed by atoms with van der Waals surface area (Å²) in [4.78, 5) is 35.3. The van der Waals surface area contributed by atoms with Gasteiger partial charge in [-0.2, -0.15) is 0 Å². The van der Waals surface area contributed by atoms with Crippen LogP contribution in [0.15, 0.2) is 0 Å². The van der Waals surface area contributed by atoms with Gasteiger partial charge in [-0.1, -0.05) is 341 Å². The van der Waals surface area contributed by atoms with Gasteiger partial charge in [0.15, 0.2) is 6.10 Å². The standard InChI is InChI=1S/C64H128NO8P/c1-3-5-7-9-11-13-15-17-19-21-23-25-27-28-29-30-31-32-33-35-37-39-41-43-45-47-49-51-53-55-57-64(67)73-62(61-72-74(68,69)71-59-58-65)60-70-63(66)56-54-52-50-48-46-44-42-40-38-36-34-26-24-22-20-18-16-14-12-10-8-6-4-2/h62H,3-61,65H2,1-2H3,(H,68,69). The number of phosphoric acid groups is 1. The average Bonchev–Trinajstić information content (AvgIpc) is 3.39. The predicted molar refractivity (Wildman–Crippen MR) is 317 cm³/mol. The van der Waals surface area contributed by atoms with E-state index >= 15 is 0 Å². The molecule has 0 aromatic rings. The summed E-state index contributed by atoms with van der Waals surface area (Å²) in [6, 6.07) is 0. The van der Waals surface area contributed by atoms with Gasteiger partial charge in [0.2, 0.25) is 0 Å². The molecule has 0 spiro atoms. The molecule has 3 N–H and O–H groups in total. The zero-order chi connectivity index (χ0) is 53.8. The number of unbranched alkanes of at least 4 members (excludes halogenated alkanes) is 51. The summed E-state index contributed by atoms with van der Waals surface area (Å²) in [5, 5.41) is 0. The van der Waals surface area contributed by atoms with E-state index < -0.39 is 26.5 Å². The highest BCUT2D eigenvalue weighted by Crippen LogP contribution is 2.43. The number of ether oxygens (including phenoxy) is 2. The third kappa shape index (κ3) is 60.2. The number of phosphoric ester groups is 1. The largest absolute Gasteiger partial charge is 0.472 e. The molecule has 0 aliphatic rings. The maximum atomic E-state index is 12.7. The predicted octanol–water partition coefficient (Wildman–Crippen LogP) is 21.0. The molecule has 0 saturated carbocycles. The van der Waals surface area contributed by atoms with Gasteiger partial charge >= 0.3 is 19.8 Å². The molecule has 0 aliphatic heterocycles. The van der Waals surface area contributed by atoms with Crippen LogP contribution in [0.4, 0.5) is 0 Å². The van der Waals surface area contributed by atoms with Crippen molar-refractivity contribution in [2.75, 3.05) is 26.4 Å². The zero-order valence-electron chi connectivity index (χ0n) is 49.6. The summed E-state index contributed by atoms with van der Waals surface area (Å²) < 4.78 is 33.1. The second-order valence-corrected chi connectivity index (χ2v) is 24.2. The Morgan fingerprint density at radius 1 is 0.351 bits per heavy atom. The molecule has 74 heavy (non-hydrogen) atoms. The molecule has 442 valence electrons. The third-order valence-corrected chi connectivity index (χ3v) is 16.2. The van der Waals surface area contributed by atoms with Crippen molar-refractivity contribution >= 4 is 19.8 Å². The van der Waals surface area contributed by atoms with E-state index in [1.807, 2.05) is 0 Å². The van der Waals surface area contributed by atoms with Crippen LogP contribution in [-0.2, 0) is 32.7 Å². The highest BCUT2D eigenvalue weighted by molar-refractivity contribution is 7.47. The van der Waals surface area contributed by atoms with Crippen LogP contribution in [0.1, 0.15) is 367 Å². The molecular weight excluding hydrogens is 942 g/mol. The van der Waals surface area contributed by atoms with Gasteiger partial charge in [-0.3, -0.25) is 18.6 Å².